The Labute approximate surface area is 199 Å². The van der Waals surface area contributed by atoms with Crippen LogP contribution in [0.5, 0.6) is 17.2 Å². The van der Waals surface area contributed by atoms with Crippen LogP contribution in [0.4, 0.5) is 0 Å². The van der Waals surface area contributed by atoms with Gasteiger partial charge in [0.15, 0.2) is 11.5 Å². The normalized spacial score (nSPS) is 22.1. The number of aliphatic imine (C=N–C) groups is 1. The second-order valence-electron chi connectivity index (χ2n) is 8.55. The fourth-order valence-corrected chi connectivity index (χ4v) is 5.02. The maximum Gasteiger partial charge on any atom is 0.336 e. The van der Waals surface area contributed by atoms with Crippen LogP contribution < -0.4 is 9.47 Å². The monoisotopic (exact) mass is 463 g/mol. The van der Waals surface area contributed by atoms with E-state index in [1.165, 1.54) is 13.2 Å². The number of phenols is 1. The van der Waals surface area contributed by atoms with Gasteiger partial charge < -0.3 is 19.3 Å². The minimum absolute atomic E-state index is 0.000311. The topological polar surface area (TPSA) is 94.4 Å². The molecule has 3 atom stereocenters. The number of allylic oxidation sites excluding steroid dienone is 1. The summed E-state index contributed by atoms with van der Waals surface area (Å²) in [4.78, 5) is 31.1. The highest BCUT2D eigenvalue weighted by Crippen LogP contribution is 2.47. The number of carbonyl (C=O) groups excluding carboxylic acids is 2. The highest BCUT2D eigenvalue weighted by molar-refractivity contribution is 6.12. The van der Waals surface area contributed by atoms with Gasteiger partial charge in [-0.1, -0.05) is 18.2 Å². The third-order valence-electron chi connectivity index (χ3n) is 6.59. The molecule has 1 aliphatic carbocycles. The summed E-state index contributed by atoms with van der Waals surface area (Å²) < 4.78 is 15.9. The molecule has 34 heavy (non-hydrogen) atoms. The number of fused-ring (bicyclic) bond motifs is 1. The molecule has 178 valence electrons. The van der Waals surface area contributed by atoms with Crippen molar-refractivity contribution < 1.29 is 28.9 Å². The largest absolute Gasteiger partial charge is 0.504 e. The Morgan fingerprint density at radius 1 is 1.06 bits per heavy atom. The molecule has 2 aliphatic rings. The molecule has 0 amide bonds. The van der Waals surface area contributed by atoms with E-state index in [1.54, 1.807) is 26.2 Å². The molecule has 0 bridgehead atoms. The second kappa shape index (κ2) is 9.71. The lowest BCUT2D eigenvalue weighted by Gasteiger charge is -2.38. The maximum absolute atomic E-state index is 13.6. The zero-order valence-electron chi connectivity index (χ0n) is 19.8. The van der Waals surface area contributed by atoms with Gasteiger partial charge in [-0.25, -0.2) is 4.79 Å². The number of rotatable bonds is 6. The quantitative estimate of drug-likeness (QED) is 0.632. The Kier molecular flexibility index (Phi) is 6.72. The lowest BCUT2D eigenvalue weighted by Crippen LogP contribution is -2.41. The van der Waals surface area contributed by atoms with Crippen LogP contribution in [0.3, 0.4) is 0 Å². The van der Waals surface area contributed by atoms with Gasteiger partial charge in [0.1, 0.15) is 11.5 Å². The summed E-state index contributed by atoms with van der Waals surface area (Å²) in [5.41, 5.74) is 3.42. The maximum atomic E-state index is 13.6. The van der Waals surface area contributed by atoms with E-state index in [2.05, 4.69) is 0 Å². The Bertz CT molecular complexity index is 1160. The number of Topliss-reactive ketones (excluding diaryl/α,β-unsaturated/α-hetero) is 1. The zero-order valence-corrected chi connectivity index (χ0v) is 19.8. The van der Waals surface area contributed by atoms with Gasteiger partial charge in [0.25, 0.3) is 0 Å². The third kappa shape index (κ3) is 4.30. The molecule has 0 aromatic heterocycles. The van der Waals surface area contributed by atoms with Crippen LogP contribution in [0.2, 0.25) is 0 Å². The highest BCUT2D eigenvalue weighted by atomic mass is 16.5. The fourth-order valence-electron chi connectivity index (χ4n) is 5.02. The van der Waals surface area contributed by atoms with Crippen molar-refractivity contribution in [2.24, 2.45) is 10.9 Å². The van der Waals surface area contributed by atoms with E-state index >= 15 is 0 Å². The second-order valence-corrected chi connectivity index (χ2v) is 8.55. The van der Waals surface area contributed by atoms with E-state index in [-0.39, 0.29) is 17.5 Å². The fraction of sp³-hybridized carbons (Fsp3) is 0.370. The summed E-state index contributed by atoms with van der Waals surface area (Å²) in [7, 11) is 2.94. The Hall–Kier alpha value is -3.61. The van der Waals surface area contributed by atoms with E-state index in [0.29, 0.717) is 42.0 Å². The highest BCUT2D eigenvalue weighted by Gasteiger charge is 2.46. The van der Waals surface area contributed by atoms with Crippen LogP contribution in [0.1, 0.15) is 49.7 Å². The summed E-state index contributed by atoms with van der Waals surface area (Å²) in [6.07, 6.45) is 0.956. The van der Waals surface area contributed by atoms with Crippen LogP contribution in [-0.4, -0.2) is 43.4 Å². The first-order valence-corrected chi connectivity index (χ1v) is 11.4. The molecule has 1 heterocycles. The van der Waals surface area contributed by atoms with Crippen molar-refractivity contribution in [1.29, 1.82) is 0 Å². The molecule has 1 saturated carbocycles. The smallest absolute Gasteiger partial charge is 0.336 e. The lowest BCUT2D eigenvalue weighted by atomic mass is 9.66. The average Bonchev–Trinajstić information content (AvgIpc) is 2.84. The molecule has 0 spiro atoms. The minimum Gasteiger partial charge on any atom is -0.504 e. The molecule has 0 saturated heterocycles. The van der Waals surface area contributed by atoms with E-state index in [0.717, 1.165) is 17.0 Å². The van der Waals surface area contributed by atoms with Crippen molar-refractivity contribution in [2.45, 2.75) is 38.5 Å². The van der Waals surface area contributed by atoms with Gasteiger partial charge in [-0.2, -0.15) is 0 Å². The molecular weight excluding hydrogens is 434 g/mol. The molecule has 1 fully saturated rings. The van der Waals surface area contributed by atoms with Gasteiger partial charge in [0.2, 0.25) is 0 Å². The van der Waals surface area contributed by atoms with Crippen molar-refractivity contribution >= 4 is 17.5 Å². The molecule has 2 aromatic rings. The van der Waals surface area contributed by atoms with E-state index < -0.39 is 17.8 Å². The molecular formula is C27H29NO6. The number of methoxy groups -OCH3 is 2. The van der Waals surface area contributed by atoms with Gasteiger partial charge in [-0.15, -0.1) is 0 Å². The predicted octanol–water partition coefficient (Wildman–Crippen LogP) is 4.55. The van der Waals surface area contributed by atoms with Gasteiger partial charge in [-0.05, 0) is 61.6 Å². The third-order valence-corrected chi connectivity index (χ3v) is 6.59. The lowest BCUT2D eigenvalue weighted by molar-refractivity contribution is -0.136. The number of ether oxygens (including phenoxy) is 3. The van der Waals surface area contributed by atoms with Gasteiger partial charge >= 0.3 is 5.97 Å². The van der Waals surface area contributed by atoms with Gasteiger partial charge in [0, 0.05) is 23.7 Å². The number of hydrogen-bond donors (Lipinski definition) is 1. The van der Waals surface area contributed by atoms with E-state index in [4.69, 9.17) is 19.2 Å². The van der Waals surface area contributed by atoms with Crippen molar-refractivity contribution in [2.75, 3.05) is 20.8 Å². The summed E-state index contributed by atoms with van der Waals surface area (Å²) in [5, 5.41) is 10.2. The summed E-state index contributed by atoms with van der Waals surface area (Å²) in [5.74, 6) is -0.555. The number of esters is 1. The molecule has 1 aliphatic heterocycles. The van der Waals surface area contributed by atoms with Crippen molar-refractivity contribution in [3.8, 4) is 17.2 Å². The molecule has 4 rings (SSSR count). The van der Waals surface area contributed by atoms with Crippen LogP contribution in [0.25, 0.3) is 0 Å². The number of hydrogen-bond acceptors (Lipinski definition) is 7. The first kappa shape index (κ1) is 23.5. The number of benzene rings is 2. The minimum atomic E-state index is -0.577. The Balaban J connectivity index is 1.77. The standard InChI is InChI=1S/C27H29NO6/c1-5-34-23-14-17(8-11-21(23)29)25-24(27(31)33-4)15(2)28-20-12-18(13-22(30)26(20)25)16-6-9-19(32-3)10-7-16/h6-11,14,18,25-26,29H,5,12-13H2,1-4H3/t18-,25-,26?/m1/s1. The van der Waals surface area contributed by atoms with Crippen molar-refractivity contribution in [3.05, 3.63) is 64.9 Å². The molecule has 7 heteroatoms. The zero-order chi connectivity index (χ0) is 24.4. The van der Waals surface area contributed by atoms with Crippen molar-refractivity contribution in [1.82, 2.24) is 0 Å². The summed E-state index contributed by atoms with van der Waals surface area (Å²) in [6, 6.07) is 12.7. The molecule has 7 nitrogen and oxygen atoms in total. The van der Waals surface area contributed by atoms with E-state index in [9.17, 15) is 14.7 Å². The molecule has 1 unspecified atom stereocenters. The number of aromatic hydroxyl groups is 1. The van der Waals surface area contributed by atoms with Gasteiger partial charge in [0.05, 0.1) is 32.3 Å². The van der Waals surface area contributed by atoms with Crippen LogP contribution >= 0.6 is 0 Å². The molecule has 1 N–H and O–H groups in total. The number of ketones is 1. The number of carbonyl (C=O) groups is 2. The van der Waals surface area contributed by atoms with Crippen molar-refractivity contribution in [3.63, 3.8) is 0 Å². The first-order valence-electron chi connectivity index (χ1n) is 11.4. The SMILES string of the molecule is CCOc1cc([C@@H]2C(C(=O)OC)=C(C)N=C3C[C@@H](c4ccc(OC)cc4)CC(=O)C32)ccc1O. The summed E-state index contributed by atoms with van der Waals surface area (Å²) in [6.45, 7) is 3.97. The van der Waals surface area contributed by atoms with E-state index in [1.807, 2.05) is 31.2 Å². The first-order chi connectivity index (χ1) is 16.4. The van der Waals surface area contributed by atoms with Gasteiger partial charge in [-0.3, -0.25) is 9.79 Å². The van der Waals surface area contributed by atoms with Crippen LogP contribution in [0, 0.1) is 5.92 Å². The van der Waals surface area contributed by atoms with Crippen LogP contribution in [0.15, 0.2) is 58.7 Å². The number of phenolic OH excluding ortho intramolecular Hbond substituents is 1. The predicted molar refractivity (Wildman–Crippen MR) is 128 cm³/mol. The van der Waals surface area contributed by atoms with Crippen LogP contribution in [-0.2, 0) is 14.3 Å². The number of nitrogens with zero attached hydrogens (tertiary/aromatic N) is 1. The average molecular weight is 464 g/mol. The molecule has 2 aromatic carbocycles. The Morgan fingerprint density at radius 3 is 2.41 bits per heavy atom. The molecule has 0 radical (unpaired) electrons. The Morgan fingerprint density at radius 2 is 1.76 bits per heavy atom. The summed E-state index contributed by atoms with van der Waals surface area (Å²) >= 11 is 0.